The summed E-state index contributed by atoms with van der Waals surface area (Å²) in [5, 5.41) is 3.10. The Hall–Kier alpha value is -0.750. The van der Waals surface area contributed by atoms with Crippen molar-refractivity contribution in [2.24, 2.45) is 11.7 Å². The van der Waals surface area contributed by atoms with Crippen LogP contribution in [-0.4, -0.2) is 49.5 Å². The van der Waals surface area contributed by atoms with E-state index < -0.39 is 17.9 Å². The number of halogens is 2. The fourth-order valence-corrected chi connectivity index (χ4v) is 2.31. The summed E-state index contributed by atoms with van der Waals surface area (Å²) in [5.41, 5.74) is 4.61. The van der Waals surface area contributed by atoms with Gasteiger partial charge in [0.2, 0.25) is 5.91 Å². The van der Waals surface area contributed by atoms with Crippen molar-refractivity contribution >= 4 is 5.91 Å². The maximum absolute atomic E-state index is 12.3. The molecule has 1 rings (SSSR count). The number of carbonyl (C=O) groups is 1. The van der Waals surface area contributed by atoms with Gasteiger partial charge in [0.25, 0.3) is 6.43 Å². The number of primary amides is 1. The van der Waals surface area contributed by atoms with Gasteiger partial charge in [0.15, 0.2) is 0 Å². The molecule has 0 bridgehead atoms. The molecule has 0 aromatic heterocycles. The fourth-order valence-electron chi connectivity index (χ4n) is 2.31. The van der Waals surface area contributed by atoms with E-state index in [4.69, 9.17) is 5.73 Å². The fraction of sp³-hybridized carbons (Fsp3) is 0.909. The molecule has 0 aromatic rings. The summed E-state index contributed by atoms with van der Waals surface area (Å²) in [4.78, 5) is 13.1. The van der Waals surface area contributed by atoms with E-state index in [1.54, 1.807) is 7.05 Å². The minimum Gasteiger partial charge on any atom is -0.368 e. The quantitative estimate of drug-likeness (QED) is 0.656. The molecule has 0 saturated heterocycles. The first-order valence-electron chi connectivity index (χ1n) is 5.94. The third-order valence-corrected chi connectivity index (χ3v) is 3.18. The van der Waals surface area contributed by atoms with Crippen molar-refractivity contribution in [3.63, 3.8) is 0 Å². The summed E-state index contributed by atoms with van der Waals surface area (Å²) in [6, 6.07) is 0. The van der Waals surface area contributed by atoms with Crippen LogP contribution in [-0.2, 0) is 4.79 Å². The van der Waals surface area contributed by atoms with Gasteiger partial charge < -0.3 is 11.1 Å². The predicted octanol–water partition coefficient (Wildman–Crippen LogP) is 0.427. The van der Waals surface area contributed by atoms with Gasteiger partial charge in [-0.2, -0.15) is 0 Å². The molecule has 1 amide bonds. The largest absolute Gasteiger partial charge is 0.368 e. The summed E-state index contributed by atoms with van der Waals surface area (Å²) in [6.07, 6.45) is -0.539. The second-order valence-electron chi connectivity index (χ2n) is 4.73. The Morgan fingerprint density at radius 3 is 2.53 bits per heavy atom. The van der Waals surface area contributed by atoms with Crippen LogP contribution in [0.15, 0.2) is 0 Å². The second kappa shape index (κ2) is 5.73. The first-order valence-corrected chi connectivity index (χ1v) is 5.94. The summed E-state index contributed by atoms with van der Waals surface area (Å²) in [6.45, 7) is 2.38. The van der Waals surface area contributed by atoms with Gasteiger partial charge in [-0.25, -0.2) is 8.78 Å². The monoisotopic (exact) mass is 249 g/mol. The van der Waals surface area contributed by atoms with E-state index >= 15 is 0 Å². The van der Waals surface area contributed by atoms with Crippen LogP contribution in [0.1, 0.15) is 19.8 Å². The van der Waals surface area contributed by atoms with Crippen LogP contribution in [0.5, 0.6) is 0 Å². The zero-order valence-corrected chi connectivity index (χ0v) is 10.4. The number of carbonyl (C=O) groups excluding carboxylic acids is 1. The zero-order valence-electron chi connectivity index (χ0n) is 10.4. The van der Waals surface area contributed by atoms with Crippen molar-refractivity contribution in [1.29, 1.82) is 0 Å². The van der Waals surface area contributed by atoms with Gasteiger partial charge in [0.1, 0.15) is 5.54 Å². The maximum atomic E-state index is 12.3. The number of likely N-dealkylation sites (N-methyl/N-ethyl adjacent to an activating group) is 2. The van der Waals surface area contributed by atoms with E-state index in [1.165, 1.54) is 4.90 Å². The number of hydrogen-bond donors (Lipinski definition) is 2. The van der Waals surface area contributed by atoms with Crippen molar-refractivity contribution in [2.45, 2.75) is 31.7 Å². The van der Waals surface area contributed by atoms with Crippen LogP contribution in [0, 0.1) is 5.92 Å². The third kappa shape index (κ3) is 3.61. The maximum Gasteiger partial charge on any atom is 0.251 e. The van der Waals surface area contributed by atoms with Crippen molar-refractivity contribution < 1.29 is 13.6 Å². The van der Waals surface area contributed by atoms with Gasteiger partial charge in [-0.3, -0.25) is 9.69 Å². The molecule has 6 heteroatoms. The lowest BCUT2D eigenvalue weighted by molar-refractivity contribution is -0.126. The molecule has 1 atom stereocenters. The molecular weight excluding hydrogens is 228 g/mol. The molecule has 0 radical (unpaired) electrons. The summed E-state index contributed by atoms with van der Waals surface area (Å²) < 4.78 is 24.6. The van der Waals surface area contributed by atoms with Gasteiger partial charge in [-0.05, 0) is 32.4 Å². The number of nitrogens with zero attached hydrogens (tertiary/aromatic N) is 1. The standard InChI is InChI=1S/C11H21F2N3O/c1-3-15-11(10(14)17,8-4-5-8)7-16(2)6-9(12)13/h8-9,15H,3-7H2,1-2H3,(H2,14,17). The Labute approximate surface area is 101 Å². The van der Waals surface area contributed by atoms with Gasteiger partial charge >= 0.3 is 0 Å². The number of rotatable bonds is 8. The van der Waals surface area contributed by atoms with Crippen LogP contribution >= 0.6 is 0 Å². The normalized spacial score (nSPS) is 19.6. The minimum absolute atomic E-state index is 0.181. The number of hydrogen-bond acceptors (Lipinski definition) is 3. The average Bonchev–Trinajstić information content (AvgIpc) is 2.98. The second-order valence-corrected chi connectivity index (χ2v) is 4.73. The number of alkyl halides is 2. The predicted molar refractivity (Wildman–Crippen MR) is 61.8 cm³/mol. The number of amides is 1. The van der Waals surface area contributed by atoms with Gasteiger partial charge in [0.05, 0.1) is 6.54 Å². The molecule has 1 unspecified atom stereocenters. The lowest BCUT2D eigenvalue weighted by atomic mass is 9.91. The highest BCUT2D eigenvalue weighted by molar-refractivity contribution is 5.86. The molecule has 17 heavy (non-hydrogen) atoms. The molecule has 3 N–H and O–H groups in total. The van der Waals surface area contributed by atoms with Crippen molar-refractivity contribution in [1.82, 2.24) is 10.2 Å². The topological polar surface area (TPSA) is 58.4 Å². The molecule has 4 nitrogen and oxygen atoms in total. The van der Waals surface area contributed by atoms with Gasteiger partial charge in [-0.1, -0.05) is 6.92 Å². The van der Waals surface area contributed by atoms with E-state index in [1.807, 2.05) is 6.92 Å². The van der Waals surface area contributed by atoms with Crippen LogP contribution < -0.4 is 11.1 Å². The Balaban J connectivity index is 2.71. The van der Waals surface area contributed by atoms with Gasteiger partial charge in [-0.15, -0.1) is 0 Å². The highest BCUT2D eigenvalue weighted by atomic mass is 19.3. The summed E-state index contributed by atoms with van der Waals surface area (Å²) >= 11 is 0. The molecule has 1 aliphatic rings. The van der Waals surface area contributed by atoms with E-state index in [9.17, 15) is 13.6 Å². The van der Waals surface area contributed by atoms with Crippen molar-refractivity contribution in [3.05, 3.63) is 0 Å². The van der Waals surface area contributed by atoms with Crippen molar-refractivity contribution in [2.75, 3.05) is 26.7 Å². The van der Waals surface area contributed by atoms with E-state index in [-0.39, 0.29) is 19.0 Å². The molecule has 1 aliphatic carbocycles. The number of nitrogens with two attached hydrogens (primary N) is 1. The molecule has 100 valence electrons. The molecule has 0 aliphatic heterocycles. The Kier molecular flexibility index (Phi) is 4.82. The molecule has 0 heterocycles. The lowest BCUT2D eigenvalue weighted by Crippen LogP contribution is -2.63. The van der Waals surface area contributed by atoms with Crippen LogP contribution in [0.3, 0.4) is 0 Å². The lowest BCUT2D eigenvalue weighted by Gasteiger charge is -2.35. The molecule has 1 fully saturated rings. The number of nitrogens with one attached hydrogen (secondary N) is 1. The first-order chi connectivity index (χ1) is 7.92. The Morgan fingerprint density at radius 2 is 2.18 bits per heavy atom. The molecule has 0 aromatic carbocycles. The Morgan fingerprint density at radius 1 is 1.59 bits per heavy atom. The third-order valence-electron chi connectivity index (χ3n) is 3.18. The highest BCUT2D eigenvalue weighted by Crippen LogP contribution is 2.40. The molecular formula is C11H21F2N3O. The smallest absolute Gasteiger partial charge is 0.251 e. The molecule has 0 spiro atoms. The van der Waals surface area contributed by atoms with Crippen molar-refractivity contribution in [3.8, 4) is 0 Å². The van der Waals surface area contributed by atoms with Crippen LogP contribution in [0.4, 0.5) is 8.78 Å². The van der Waals surface area contributed by atoms with Crippen LogP contribution in [0.2, 0.25) is 0 Å². The van der Waals surface area contributed by atoms with Crippen LogP contribution in [0.25, 0.3) is 0 Å². The first kappa shape index (κ1) is 14.3. The average molecular weight is 249 g/mol. The summed E-state index contributed by atoms with van der Waals surface area (Å²) in [7, 11) is 1.59. The SMILES string of the molecule is CCNC(CN(C)CC(F)F)(C(N)=O)C1CC1. The zero-order chi connectivity index (χ0) is 13.1. The molecule has 1 saturated carbocycles. The van der Waals surface area contributed by atoms with E-state index in [0.29, 0.717) is 6.54 Å². The van der Waals surface area contributed by atoms with Gasteiger partial charge in [0, 0.05) is 6.54 Å². The summed E-state index contributed by atoms with van der Waals surface area (Å²) in [5.74, 6) is -0.261. The Bertz CT molecular complexity index is 271. The van der Waals surface area contributed by atoms with E-state index in [2.05, 4.69) is 5.32 Å². The van der Waals surface area contributed by atoms with E-state index in [0.717, 1.165) is 12.8 Å². The highest BCUT2D eigenvalue weighted by Gasteiger charge is 2.49. The minimum atomic E-state index is -2.40.